The lowest BCUT2D eigenvalue weighted by Gasteiger charge is -2.24. The van der Waals surface area contributed by atoms with Crippen LogP contribution in [0.2, 0.25) is 5.15 Å². The van der Waals surface area contributed by atoms with Gasteiger partial charge in [-0.1, -0.05) is 11.6 Å². The quantitative estimate of drug-likeness (QED) is 0.711. The van der Waals surface area contributed by atoms with Gasteiger partial charge in [-0.2, -0.15) is 0 Å². The summed E-state index contributed by atoms with van der Waals surface area (Å²) < 4.78 is 0. The van der Waals surface area contributed by atoms with Crippen LogP contribution in [0.4, 0.5) is 10.7 Å². The summed E-state index contributed by atoms with van der Waals surface area (Å²) in [7, 11) is 0. The Morgan fingerprint density at radius 2 is 2.27 bits per heavy atom. The standard InChI is InChI=1S/C8H7ClN4O2/c9-5-1-3-10-7(11-5)13-4-2-6(14)12-8(13)15/h1,3H,2,4H2,(H,12,14,15). The third kappa shape index (κ3) is 2.04. The molecule has 1 aliphatic rings. The molecule has 0 saturated carbocycles. The van der Waals surface area contributed by atoms with Crippen molar-refractivity contribution in [1.82, 2.24) is 15.3 Å². The molecule has 2 heterocycles. The molecule has 0 aliphatic carbocycles. The lowest BCUT2D eigenvalue weighted by molar-refractivity contribution is -0.120. The van der Waals surface area contributed by atoms with Crippen molar-refractivity contribution in [3.63, 3.8) is 0 Å². The molecular weight excluding hydrogens is 220 g/mol. The molecule has 1 aliphatic heterocycles. The van der Waals surface area contributed by atoms with Crippen molar-refractivity contribution in [2.24, 2.45) is 0 Å². The first-order chi connectivity index (χ1) is 7.16. The van der Waals surface area contributed by atoms with Crippen LogP contribution in [-0.4, -0.2) is 28.5 Å². The number of aromatic nitrogens is 2. The zero-order valence-corrected chi connectivity index (χ0v) is 8.36. The van der Waals surface area contributed by atoms with E-state index in [9.17, 15) is 9.59 Å². The Kier molecular flexibility index (Phi) is 2.51. The number of halogens is 1. The number of hydrogen-bond acceptors (Lipinski definition) is 4. The van der Waals surface area contributed by atoms with Gasteiger partial charge in [0.25, 0.3) is 0 Å². The Bertz CT molecular complexity index is 423. The van der Waals surface area contributed by atoms with E-state index in [2.05, 4.69) is 15.3 Å². The second kappa shape index (κ2) is 3.82. The number of imide groups is 1. The summed E-state index contributed by atoms with van der Waals surface area (Å²) in [4.78, 5) is 31.3. The van der Waals surface area contributed by atoms with Crippen molar-refractivity contribution >= 4 is 29.5 Å². The molecule has 0 spiro atoms. The van der Waals surface area contributed by atoms with Crippen LogP contribution in [-0.2, 0) is 4.79 Å². The van der Waals surface area contributed by atoms with Gasteiger partial charge in [-0.3, -0.25) is 15.0 Å². The van der Waals surface area contributed by atoms with Crippen LogP contribution in [0.1, 0.15) is 6.42 Å². The van der Waals surface area contributed by atoms with Gasteiger partial charge >= 0.3 is 6.03 Å². The Labute approximate surface area is 90.3 Å². The van der Waals surface area contributed by atoms with Gasteiger partial charge in [0.2, 0.25) is 11.9 Å². The third-order valence-corrected chi connectivity index (χ3v) is 2.11. The fourth-order valence-electron chi connectivity index (χ4n) is 1.21. The van der Waals surface area contributed by atoms with Gasteiger partial charge in [0.15, 0.2) is 0 Å². The molecule has 1 aromatic heterocycles. The molecule has 0 radical (unpaired) electrons. The highest BCUT2D eigenvalue weighted by Gasteiger charge is 2.25. The summed E-state index contributed by atoms with van der Waals surface area (Å²) in [6, 6.07) is 0.992. The van der Waals surface area contributed by atoms with Crippen molar-refractivity contribution < 1.29 is 9.59 Å². The third-order valence-electron chi connectivity index (χ3n) is 1.90. The minimum atomic E-state index is -0.520. The van der Waals surface area contributed by atoms with E-state index >= 15 is 0 Å². The van der Waals surface area contributed by atoms with Crippen molar-refractivity contribution in [2.45, 2.75) is 6.42 Å². The second-order valence-corrected chi connectivity index (χ2v) is 3.32. The number of nitrogens with zero attached hydrogens (tertiary/aromatic N) is 3. The van der Waals surface area contributed by atoms with Crippen molar-refractivity contribution in [3.8, 4) is 0 Å². The number of hydrogen-bond donors (Lipinski definition) is 1. The van der Waals surface area contributed by atoms with Crippen LogP contribution in [0, 0.1) is 0 Å². The maximum absolute atomic E-state index is 11.4. The van der Waals surface area contributed by atoms with Gasteiger partial charge in [-0.15, -0.1) is 0 Å². The Morgan fingerprint density at radius 1 is 1.47 bits per heavy atom. The molecule has 2 rings (SSSR count). The van der Waals surface area contributed by atoms with E-state index in [1.807, 2.05) is 0 Å². The summed E-state index contributed by atoms with van der Waals surface area (Å²) in [6.45, 7) is 0.269. The predicted molar refractivity (Wildman–Crippen MR) is 52.5 cm³/mol. The van der Waals surface area contributed by atoms with Gasteiger partial charge < -0.3 is 0 Å². The molecular formula is C8H7ClN4O2. The molecule has 1 N–H and O–H groups in total. The highest BCUT2D eigenvalue weighted by molar-refractivity contribution is 6.29. The molecule has 0 unspecified atom stereocenters. The monoisotopic (exact) mass is 226 g/mol. The van der Waals surface area contributed by atoms with Gasteiger partial charge in [0.1, 0.15) is 5.15 Å². The zero-order chi connectivity index (χ0) is 10.8. The summed E-state index contributed by atoms with van der Waals surface area (Å²) in [6.07, 6.45) is 1.69. The average molecular weight is 227 g/mol. The largest absolute Gasteiger partial charge is 0.330 e. The number of nitrogens with one attached hydrogen (secondary N) is 1. The van der Waals surface area contributed by atoms with Gasteiger partial charge in [0, 0.05) is 19.2 Å². The summed E-state index contributed by atoms with van der Waals surface area (Å²) in [5.74, 6) is -0.0919. The smallest absolute Gasteiger partial charge is 0.278 e. The van der Waals surface area contributed by atoms with Crippen LogP contribution >= 0.6 is 11.6 Å². The zero-order valence-electron chi connectivity index (χ0n) is 7.61. The Hall–Kier alpha value is -1.69. The lowest BCUT2D eigenvalue weighted by Crippen LogP contribution is -2.50. The van der Waals surface area contributed by atoms with E-state index in [1.54, 1.807) is 0 Å². The maximum Gasteiger partial charge on any atom is 0.330 e. The molecule has 3 amide bonds. The van der Waals surface area contributed by atoms with E-state index in [4.69, 9.17) is 11.6 Å². The molecule has 1 aromatic rings. The topological polar surface area (TPSA) is 75.2 Å². The number of anilines is 1. The van der Waals surface area contributed by atoms with Crippen LogP contribution in [0.15, 0.2) is 12.3 Å². The second-order valence-electron chi connectivity index (χ2n) is 2.93. The van der Waals surface area contributed by atoms with E-state index in [0.717, 1.165) is 0 Å². The maximum atomic E-state index is 11.4. The molecule has 0 aromatic carbocycles. The molecule has 1 fully saturated rings. The number of amides is 3. The number of carbonyl (C=O) groups excluding carboxylic acids is 2. The first-order valence-electron chi connectivity index (χ1n) is 4.27. The van der Waals surface area contributed by atoms with Crippen molar-refractivity contribution in [3.05, 3.63) is 17.4 Å². The number of rotatable bonds is 1. The molecule has 78 valence electrons. The van der Waals surface area contributed by atoms with Gasteiger partial charge in [0.05, 0.1) is 0 Å². The van der Waals surface area contributed by atoms with E-state index in [0.29, 0.717) is 0 Å². The normalized spacial score (nSPS) is 16.5. The first-order valence-corrected chi connectivity index (χ1v) is 4.64. The van der Waals surface area contributed by atoms with E-state index < -0.39 is 6.03 Å². The predicted octanol–water partition coefficient (Wildman–Crippen LogP) is 0.576. The Balaban J connectivity index is 2.24. The first kappa shape index (κ1) is 9.85. The highest BCUT2D eigenvalue weighted by atomic mass is 35.5. The summed E-state index contributed by atoms with van der Waals surface area (Å²) >= 11 is 5.66. The lowest BCUT2D eigenvalue weighted by atomic mass is 10.3. The van der Waals surface area contributed by atoms with E-state index in [1.165, 1.54) is 17.2 Å². The number of carbonyl (C=O) groups is 2. The van der Waals surface area contributed by atoms with Crippen molar-refractivity contribution in [2.75, 3.05) is 11.4 Å². The summed E-state index contributed by atoms with van der Waals surface area (Å²) in [5, 5.41) is 2.43. The van der Waals surface area contributed by atoms with Crippen LogP contribution in [0.5, 0.6) is 0 Å². The molecule has 15 heavy (non-hydrogen) atoms. The van der Waals surface area contributed by atoms with Gasteiger partial charge in [-0.25, -0.2) is 14.8 Å². The Morgan fingerprint density at radius 3 is 2.93 bits per heavy atom. The molecule has 0 atom stereocenters. The number of urea groups is 1. The highest BCUT2D eigenvalue weighted by Crippen LogP contribution is 2.13. The summed E-state index contributed by atoms with van der Waals surface area (Å²) in [5.41, 5.74) is 0. The average Bonchev–Trinajstić information content (AvgIpc) is 2.17. The van der Waals surface area contributed by atoms with Crippen molar-refractivity contribution in [1.29, 1.82) is 0 Å². The molecule has 6 nitrogen and oxygen atoms in total. The van der Waals surface area contributed by atoms with E-state index in [-0.39, 0.29) is 30.0 Å². The van der Waals surface area contributed by atoms with Crippen LogP contribution < -0.4 is 10.2 Å². The van der Waals surface area contributed by atoms with Crippen LogP contribution in [0.3, 0.4) is 0 Å². The molecule has 0 bridgehead atoms. The molecule has 1 saturated heterocycles. The minimum Gasteiger partial charge on any atom is -0.278 e. The van der Waals surface area contributed by atoms with Gasteiger partial charge in [-0.05, 0) is 6.07 Å². The minimum absolute atomic E-state index is 0.201. The fourth-order valence-corrected chi connectivity index (χ4v) is 1.34. The fraction of sp³-hybridized carbons (Fsp3) is 0.250. The molecule has 7 heteroatoms. The SMILES string of the molecule is O=C1CCN(c2nccc(Cl)n2)C(=O)N1. The van der Waals surface area contributed by atoms with Crippen LogP contribution in [0.25, 0.3) is 0 Å².